The normalized spacial score (nSPS) is 11.1. The van der Waals surface area contributed by atoms with Crippen LogP contribution in [0.5, 0.6) is 11.5 Å². The summed E-state index contributed by atoms with van der Waals surface area (Å²) in [5, 5.41) is 19.7. The molecule has 1 heterocycles. The summed E-state index contributed by atoms with van der Waals surface area (Å²) in [7, 11) is 0. The van der Waals surface area contributed by atoms with Crippen molar-refractivity contribution >= 4 is 10.8 Å². The Kier molecular flexibility index (Phi) is 4.07. The van der Waals surface area contributed by atoms with Crippen LogP contribution in [0.3, 0.4) is 0 Å². The van der Waals surface area contributed by atoms with E-state index in [1.54, 1.807) is 0 Å². The molecule has 7 heteroatoms. The molecule has 1 aromatic heterocycles. The van der Waals surface area contributed by atoms with E-state index in [0.717, 1.165) is 12.1 Å². The van der Waals surface area contributed by atoms with Crippen molar-refractivity contribution in [3.05, 3.63) is 88.6 Å². The summed E-state index contributed by atoms with van der Waals surface area (Å²) in [4.78, 5) is 12.9. The highest BCUT2D eigenvalue weighted by Gasteiger charge is 2.17. The number of benzene rings is 3. The monoisotopic (exact) mass is 383 g/mol. The summed E-state index contributed by atoms with van der Waals surface area (Å²) in [5.74, 6) is -4.47. The lowest BCUT2D eigenvalue weighted by molar-refractivity contribution is 0.448. The zero-order valence-electron chi connectivity index (χ0n) is 14.2. The van der Waals surface area contributed by atoms with E-state index in [1.165, 1.54) is 53.2 Å². The molecule has 0 unspecified atom stereocenters. The number of hydrogen-bond donors (Lipinski definition) is 2. The number of pyridine rings is 1. The van der Waals surface area contributed by atoms with Gasteiger partial charge in [-0.15, -0.1) is 0 Å². The number of aromatic hydroxyl groups is 2. The van der Waals surface area contributed by atoms with Gasteiger partial charge in [0.2, 0.25) is 0 Å². The predicted octanol–water partition coefficient (Wildman–Crippen LogP) is 4.49. The molecule has 0 bridgehead atoms. The van der Waals surface area contributed by atoms with E-state index < -0.39 is 23.0 Å². The summed E-state index contributed by atoms with van der Waals surface area (Å²) in [6, 6.07) is 11.4. The van der Waals surface area contributed by atoms with E-state index in [9.17, 15) is 28.2 Å². The number of hydrogen-bond acceptors (Lipinski definition) is 3. The van der Waals surface area contributed by atoms with Crippen LogP contribution in [0.15, 0.2) is 65.6 Å². The van der Waals surface area contributed by atoms with Crippen molar-refractivity contribution in [2.24, 2.45) is 0 Å². The van der Waals surface area contributed by atoms with Crippen LogP contribution in [0.25, 0.3) is 27.6 Å². The summed E-state index contributed by atoms with van der Waals surface area (Å²) in [6.07, 6.45) is 1.35. The molecule has 0 aliphatic rings. The molecular weight excluding hydrogens is 371 g/mol. The quantitative estimate of drug-likeness (QED) is 0.502. The molecule has 4 aromatic rings. The average molecular weight is 383 g/mol. The fraction of sp³-hybridized carbons (Fsp3) is 0. The van der Waals surface area contributed by atoms with Crippen LogP contribution < -0.4 is 5.56 Å². The Hall–Kier alpha value is -3.74. The number of phenolic OH excluding ortho intramolecular Hbond substituents is 2. The van der Waals surface area contributed by atoms with E-state index in [2.05, 4.69) is 0 Å². The number of rotatable bonds is 2. The number of aromatic nitrogens is 1. The van der Waals surface area contributed by atoms with Gasteiger partial charge in [0.1, 0.15) is 11.5 Å². The minimum absolute atomic E-state index is 0.000437. The van der Waals surface area contributed by atoms with E-state index in [1.807, 2.05) is 0 Å². The van der Waals surface area contributed by atoms with Crippen molar-refractivity contribution in [3.8, 4) is 28.3 Å². The Bertz CT molecular complexity index is 1260. The first kappa shape index (κ1) is 17.7. The molecule has 4 rings (SSSR count). The van der Waals surface area contributed by atoms with Gasteiger partial charge in [-0.05, 0) is 60.2 Å². The summed E-state index contributed by atoms with van der Waals surface area (Å²) >= 11 is 0. The molecule has 0 saturated carbocycles. The highest BCUT2D eigenvalue weighted by molar-refractivity contribution is 5.96. The third-order valence-corrected chi connectivity index (χ3v) is 4.42. The highest BCUT2D eigenvalue weighted by atomic mass is 19.2. The van der Waals surface area contributed by atoms with Crippen molar-refractivity contribution in [1.29, 1.82) is 0 Å². The highest BCUT2D eigenvalue weighted by Crippen LogP contribution is 2.32. The first-order valence-electron chi connectivity index (χ1n) is 8.18. The topological polar surface area (TPSA) is 62.5 Å². The molecular formula is C21H12F3NO3. The molecule has 4 nitrogen and oxygen atoms in total. The lowest BCUT2D eigenvalue weighted by Crippen LogP contribution is -2.18. The Morgan fingerprint density at radius 1 is 0.750 bits per heavy atom. The van der Waals surface area contributed by atoms with Gasteiger partial charge < -0.3 is 10.2 Å². The molecule has 0 aliphatic carbocycles. The molecule has 0 spiro atoms. The van der Waals surface area contributed by atoms with E-state index in [0.29, 0.717) is 5.69 Å². The molecule has 0 amide bonds. The Morgan fingerprint density at radius 2 is 1.36 bits per heavy atom. The largest absolute Gasteiger partial charge is 0.508 e. The smallest absolute Gasteiger partial charge is 0.262 e. The second-order valence-corrected chi connectivity index (χ2v) is 6.22. The lowest BCUT2D eigenvalue weighted by Gasteiger charge is -2.14. The fourth-order valence-electron chi connectivity index (χ4n) is 3.07. The maximum Gasteiger partial charge on any atom is 0.262 e. The van der Waals surface area contributed by atoms with E-state index in [-0.39, 0.29) is 33.4 Å². The van der Waals surface area contributed by atoms with Crippen LogP contribution >= 0.6 is 0 Å². The first-order chi connectivity index (χ1) is 13.3. The SMILES string of the molecule is O=c1c2ccc(O)cc2c(-c2cc(F)c(F)c(F)c2)cn1-c1ccc(O)cc1. The van der Waals surface area contributed by atoms with Gasteiger partial charge in [-0.25, -0.2) is 13.2 Å². The van der Waals surface area contributed by atoms with Crippen molar-refractivity contribution in [2.45, 2.75) is 0 Å². The maximum absolute atomic E-state index is 13.8. The first-order valence-corrected chi connectivity index (χ1v) is 8.18. The molecule has 0 saturated heterocycles. The Labute approximate surface area is 156 Å². The Balaban J connectivity index is 2.10. The summed E-state index contributed by atoms with van der Waals surface area (Å²) < 4.78 is 42.2. The average Bonchev–Trinajstić information content (AvgIpc) is 2.67. The molecule has 28 heavy (non-hydrogen) atoms. The number of halogens is 3. The predicted molar refractivity (Wildman–Crippen MR) is 98.2 cm³/mol. The van der Waals surface area contributed by atoms with Crippen molar-refractivity contribution < 1.29 is 23.4 Å². The molecule has 140 valence electrons. The lowest BCUT2D eigenvalue weighted by atomic mass is 9.99. The van der Waals surface area contributed by atoms with Gasteiger partial charge in [0.25, 0.3) is 5.56 Å². The van der Waals surface area contributed by atoms with E-state index in [4.69, 9.17) is 0 Å². The zero-order valence-corrected chi connectivity index (χ0v) is 14.2. The number of nitrogens with zero attached hydrogens (tertiary/aromatic N) is 1. The Morgan fingerprint density at radius 3 is 2.00 bits per heavy atom. The van der Waals surface area contributed by atoms with Crippen LogP contribution in [0, 0.1) is 17.5 Å². The summed E-state index contributed by atoms with van der Waals surface area (Å²) in [5.41, 5.74) is 0.186. The van der Waals surface area contributed by atoms with Gasteiger partial charge in [0, 0.05) is 28.2 Å². The maximum atomic E-state index is 13.8. The van der Waals surface area contributed by atoms with Crippen molar-refractivity contribution in [2.75, 3.05) is 0 Å². The second-order valence-electron chi connectivity index (χ2n) is 6.22. The number of fused-ring (bicyclic) bond motifs is 1. The third-order valence-electron chi connectivity index (χ3n) is 4.42. The van der Waals surface area contributed by atoms with Crippen molar-refractivity contribution in [1.82, 2.24) is 4.57 Å². The van der Waals surface area contributed by atoms with Gasteiger partial charge in [0.15, 0.2) is 17.5 Å². The van der Waals surface area contributed by atoms with Gasteiger partial charge in [0.05, 0.1) is 0 Å². The van der Waals surface area contributed by atoms with Crippen LogP contribution in [-0.2, 0) is 0 Å². The fourth-order valence-corrected chi connectivity index (χ4v) is 3.07. The van der Waals surface area contributed by atoms with Gasteiger partial charge in [-0.3, -0.25) is 9.36 Å². The molecule has 0 atom stereocenters. The van der Waals surface area contributed by atoms with Gasteiger partial charge in [-0.2, -0.15) is 0 Å². The molecule has 0 aliphatic heterocycles. The van der Waals surface area contributed by atoms with Crippen LogP contribution in [0.2, 0.25) is 0 Å². The van der Waals surface area contributed by atoms with E-state index >= 15 is 0 Å². The van der Waals surface area contributed by atoms with Gasteiger partial charge in [-0.1, -0.05) is 0 Å². The minimum Gasteiger partial charge on any atom is -0.508 e. The molecule has 0 radical (unpaired) electrons. The molecule has 2 N–H and O–H groups in total. The number of phenols is 2. The van der Waals surface area contributed by atoms with Gasteiger partial charge >= 0.3 is 0 Å². The molecule has 0 fully saturated rings. The zero-order chi connectivity index (χ0) is 20.0. The summed E-state index contributed by atoms with van der Waals surface area (Å²) in [6.45, 7) is 0. The molecule has 3 aromatic carbocycles. The third kappa shape index (κ3) is 2.87. The van der Waals surface area contributed by atoms with Crippen LogP contribution in [-0.4, -0.2) is 14.8 Å². The van der Waals surface area contributed by atoms with Crippen molar-refractivity contribution in [3.63, 3.8) is 0 Å². The minimum atomic E-state index is -1.59. The van der Waals surface area contributed by atoms with Crippen LogP contribution in [0.1, 0.15) is 0 Å². The second kappa shape index (κ2) is 6.45. The standard InChI is InChI=1S/C21H12F3NO3/c22-18-7-11(8-19(23)20(18)24)17-10-25(12-1-3-13(26)4-2-12)21(28)15-6-5-14(27)9-16(15)17/h1-10,26-27H. The van der Waals surface area contributed by atoms with Crippen LogP contribution in [0.4, 0.5) is 13.2 Å².